The first kappa shape index (κ1) is 19.3. The van der Waals surface area contributed by atoms with Crippen LogP contribution in [-0.2, 0) is 11.2 Å². The summed E-state index contributed by atoms with van der Waals surface area (Å²) in [5.41, 5.74) is 1.23. The Bertz CT molecular complexity index is 611. The molecule has 4 heteroatoms. The van der Waals surface area contributed by atoms with E-state index in [1.54, 1.807) is 14.2 Å². The van der Waals surface area contributed by atoms with Crippen LogP contribution in [0.3, 0.4) is 0 Å². The van der Waals surface area contributed by atoms with Gasteiger partial charge in [-0.1, -0.05) is 30.3 Å². The lowest BCUT2D eigenvalue weighted by atomic mass is 9.94. The van der Waals surface area contributed by atoms with E-state index in [1.165, 1.54) is 5.56 Å². The molecule has 0 aliphatic heterocycles. The van der Waals surface area contributed by atoms with Crippen molar-refractivity contribution in [3.8, 4) is 11.5 Å². The highest BCUT2D eigenvalue weighted by atomic mass is 16.5. The molecule has 25 heavy (non-hydrogen) atoms. The third-order valence-corrected chi connectivity index (χ3v) is 4.13. The first-order valence-corrected chi connectivity index (χ1v) is 8.61. The number of hydrogen-bond donors (Lipinski definition) is 1. The van der Waals surface area contributed by atoms with Gasteiger partial charge in [0.15, 0.2) is 0 Å². The fourth-order valence-corrected chi connectivity index (χ4v) is 2.62. The van der Waals surface area contributed by atoms with Crippen LogP contribution in [0, 0.1) is 0 Å². The van der Waals surface area contributed by atoms with E-state index in [0.717, 1.165) is 24.5 Å². The van der Waals surface area contributed by atoms with Gasteiger partial charge < -0.3 is 19.5 Å². The van der Waals surface area contributed by atoms with E-state index >= 15 is 0 Å². The van der Waals surface area contributed by atoms with Crippen LogP contribution in [0.15, 0.2) is 54.6 Å². The molecule has 0 radical (unpaired) electrons. The number of ether oxygens (including phenoxy) is 3. The summed E-state index contributed by atoms with van der Waals surface area (Å²) in [6.45, 7) is 5.64. The molecule has 0 saturated carbocycles. The number of nitrogens with one attached hydrogen (secondary N) is 1. The third kappa shape index (κ3) is 6.77. The number of para-hydroxylation sites is 1. The molecule has 0 saturated heterocycles. The molecular weight excluding hydrogens is 314 g/mol. The Balaban J connectivity index is 1.81. The van der Waals surface area contributed by atoms with Gasteiger partial charge in [-0.25, -0.2) is 0 Å². The van der Waals surface area contributed by atoms with Gasteiger partial charge in [-0.3, -0.25) is 0 Å². The maximum absolute atomic E-state index is 5.79. The van der Waals surface area contributed by atoms with E-state index in [-0.39, 0.29) is 11.6 Å². The Morgan fingerprint density at radius 2 is 1.60 bits per heavy atom. The van der Waals surface area contributed by atoms with Crippen molar-refractivity contribution in [2.75, 3.05) is 27.4 Å². The van der Waals surface area contributed by atoms with E-state index in [2.05, 4.69) is 31.3 Å². The van der Waals surface area contributed by atoms with Crippen LogP contribution >= 0.6 is 0 Å². The highest BCUT2D eigenvalue weighted by Gasteiger charge is 2.20. The summed E-state index contributed by atoms with van der Waals surface area (Å²) in [6, 6.07) is 18.0. The van der Waals surface area contributed by atoms with Crippen LogP contribution in [0.5, 0.6) is 11.5 Å². The molecule has 0 amide bonds. The Kier molecular flexibility index (Phi) is 7.29. The Morgan fingerprint density at radius 1 is 0.920 bits per heavy atom. The zero-order valence-electron chi connectivity index (χ0n) is 15.6. The molecule has 0 spiro atoms. The van der Waals surface area contributed by atoms with Crippen molar-refractivity contribution in [1.82, 2.24) is 5.32 Å². The van der Waals surface area contributed by atoms with Gasteiger partial charge in [0, 0.05) is 19.2 Å². The lowest BCUT2D eigenvalue weighted by Crippen LogP contribution is -2.46. The summed E-state index contributed by atoms with van der Waals surface area (Å²) in [5, 5.41) is 3.59. The zero-order valence-corrected chi connectivity index (χ0v) is 15.6. The SMILES string of the molecule is COc1ccc(CC(C)(C)NCC(COc2ccccc2)OC)cc1. The maximum atomic E-state index is 5.79. The quantitative estimate of drug-likeness (QED) is 0.714. The molecule has 0 aromatic heterocycles. The summed E-state index contributed by atoms with van der Waals surface area (Å²) in [5.74, 6) is 1.74. The molecule has 2 aromatic rings. The fraction of sp³-hybridized carbons (Fsp3) is 0.429. The first-order valence-electron chi connectivity index (χ1n) is 8.61. The van der Waals surface area contributed by atoms with Crippen LogP contribution < -0.4 is 14.8 Å². The van der Waals surface area contributed by atoms with E-state index < -0.39 is 0 Å². The first-order chi connectivity index (χ1) is 12.0. The molecule has 0 aliphatic rings. The number of hydrogen-bond acceptors (Lipinski definition) is 4. The lowest BCUT2D eigenvalue weighted by molar-refractivity contribution is 0.0529. The van der Waals surface area contributed by atoms with Crippen molar-refractivity contribution in [3.05, 3.63) is 60.2 Å². The predicted molar refractivity (Wildman–Crippen MR) is 102 cm³/mol. The normalized spacial score (nSPS) is 12.6. The molecule has 0 heterocycles. The predicted octanol–water partition coefficient (Wildman–Crippen LogP) is 3.70. The Morgan fingerprint density at radius 3 is 2.20 bits per heavy atom. The van der Waals surface area contributed by atoms with Gasteiger partial charge in [-0.05, 0) is 50.1 Å². The second kappa shape index (κ2) is 9.44. The summed E-state index contributed by atoms with van der Waals surface area (Å²) < 4.78 is 16.5. The van der Waals surface area contributed by atoms with Gasteiger partial charge >= 0.3 is 0 Å². The summed E-state index contributed by atoms with van der Waals surface area (Å²) >= 11 is 0. The second-order valence-corrected chi connectivity index (χ2v) is 6.77. The van der Waals surface area contributed by atoms with Crippen LogP contribution in [0.1, 0.15) is 19.4 Å². The number of methoxy groups -OCH3 is 2. The molecule has 0 aliphatic carbocycles. The molecule has 1 N–H and O–H groups in total. The molecular formula is C21H29NO3. The summed E-state index contributed by atoms with van der Waals surface area (Å²) in [7, 11) is 3.40. The topological polar surface area (TPSA) is 39.7 Å². The molecule has 4 nitrogen and oxygen atoms in total. The molecule has 136 valence electrons. The minimum atomic E-state index is -0.0435. The van der Waals surface area contributed by atoms with E-state index in [1.807, 2.05) is 42.5 Å². The minimum Gasteiger partial charge on any atom is -0.497 e. The molecule has 0 fully saturated rings. The van der Waals surface area contributed by atoms with E-state index in [4.69, 9.17) is 14.2 Å². The van der Waals surface area contributed by atoms with Crippen LogP contribution in [-0.4, -0.2) is 39.0 Å². The van der Waals surface area contributed by atoms with Crippen molar-refractivity contribution in [3.63, 3.8) is 0 Å². The smallest absolute Gasteiger partial charge is 0.119 e. The average Bonchev–Trinajstić information content (AvgIpc) is 2.63. The summed E-state index contributed by atoms with van der Waals surface area (Å²) in [4.78, 5) is 0. The lowest BCUT2D eigenvalue weighted by Gasteiger charge is -2.29. The Labute approximate surface area is 151 Å². The van der Waals surface area contributed by atoms with E-state index in [9.17, 15) is 0 Å². The molecule has 2 rings (SSSR count). The molecule has 1 atom stereocenters. The van der Waals surface area contributed by atoms with Gasteiger partial charge in [0.25, 0.3) is 0 Å². The highest BCUT2D eigenvalue weighted by molar-refractivity contribution is 5.28. The van der Waals surface area contributed by atoms with Crippen molar-refractivity contribution in [1.29, 1.82) is 0 Å². The number of rotatable bonds is 10. The van der Waals surface area contributed by atoms with E-state index in [0.29, 0.717) is 6.61 Å². The van der Waals surface area contributed by atoms with Crippen molar-refractivity contribution >= 4 is 0 Å². The fourth-order valence-electron chi connectivity index (χ4n) is 2.62. The standard InChI is InChI=1S/C21H29NO3/c1-21(2,14-17-10-12-18(23-3)13-11-17)22-15-20(24-4)16-25-19-8-6-5-7-9-19/h5-13,20,22H,14-16H2,1-4H3. The van der Waals surface area contributed by atoms with Crippen molar-refractivity contribution < 1.29 is 14.2 Å². The molecule has 0 bridgehead atoms. The minimum absolute atomic E-state index is 0.00431. The number of benzene rings is 2. The van der Waals surface area contributed by atoms with Crippen LogP contribution in [0.2, 0.25) is 0 Å². The molecule has 2 aromatic carbocycles. The van der Waals surface area contributed by atoms with Crippen molar-refractivity contribution in [2.24, 2.45) is 0 Å². The van der Waals surface area contributed by atoms with Crippen molar-refractivity contribution in [2.45, 2.75) is 31.9 Å². The van der Waals surface area contributed by atoms with Crippen LogP contribution in [0.25, 0.3) is 0 Å². The van der Waals surface area contributed by atoms with Gasteiger partial charge in [-0.15, -0.1) is 0 Å². The van der Waals surface area contributed by atoms with Crippen LogP contribution in [0.4, 0.5) is 0 Å². The maximum Gasteiger partial charge on any atom is 0.119 e. The van der Waals surface area contributed by atoms with Gasteiger partial charge in [0.05, 0.1) is 7.11 Å². The molecule has 1 unspecified atom stereocenters. The average molecular weight is 343 g/mol. The second-order valence-electron chi connectivity index (χ2n) is 6.77. The zero-order chi connectivity index (χ0) is 18.1. The monoisotopic (exact) mass is 343 g/mol. The summed E-state index contributed by atoms with van der Waals surface area (Å²) in [6.07, 6.45) is 0.919. The van der Waals surface area contributed by atoms with Gasteiger partial charge in [-0.2, -0.15) is 0 Å². The largest absolute Gasteiger partial charge is 0.497 e. The highest BCUT2D eigenvalue weighted by Crippen LogP contribution is 2.17. The van der Waals surface area contributed by atoms with Gasteiger partial charge in [0.1, 0.15) is 24.2 Å². The van der Waals surface area contributed by atoms with Gasteiger partial charge in [0.2, 0.25) is 0 Å². The Hall–Kier alpha value is -2.04. The third-order valence-electron chi connectivity index (χ3n) is 4.13.